The summed E-state index contributed by atoms with van der Waals surface area (Å²) < 4.78 is 63.1. The van der Waals surface area contributed by atoms with Crippen LogP contribution in [0.15, 0.2) is 23.1 Å². The number of amides is 1. The van der Waals surface area contributed by atoms with Gasteiger partial charge in [-0.1, -0.05) is 6.92 Å². The van der Waals surface area contributed by atoms with Gasteiger partial charge in [0.15, 0.2) is 0 Å². The molecule has 1 aromatic carbocycles. The van der Waals surface area contributed by atoms with Crippen LogP contribution in [0.4, 0.5) is 18.9 Å². The molecule has 1 aliphatic heterocycles. The number of halogens is 3. The molecule has 1 amide bonds. The number of carbonyl (C=O) groups is 1. The van der Waals surface area contributed by atoms with Gasteiger partial charge in [-0.2, -0.15) is 13.2 Å². The van der Waals surface area contributed by atoms with E-state index >= 15 is 0 Å². The van der Waals surface area contributed by atoms with E-state index in [0.29, 0.717) is 38.3 Å². The molecule has 1 fully saturated rings. The average Bonchev–Trinajstić information content (AvgIpc) is 2.53. The molecule has 0 saturated carbocycles. The molecular weight excluding hydrogens is 371 g/mol. The first-order valence-corrected chi connectivity index (χ1v) is 9.85. The van der Waals surface area contributed by atoms with Crippen LogP contribution in [0.3, 0.4) is 0 Å². The standard InChI is InChI=1S/C16H22F3N3O3S/c1-2-4-15(23)21-11-5-3-8-22(10-11)14-7-6-12(26(20,24)25)9-13(14)16(17,18)19/h6-7,9,11H,2-5,8,10H2,1H3,(H,21,23)(H2,20,24,25). The summed E-state index contributed by atoms with van der Waals surface area (Å²) in [7, 11) is -4.24. The first kappa shape index (κ1) is 20.5. The number of alkyl halides is 3. The van der Waals surface area contributed by atoms with Gasteiger partial charge in [0, 0.05) is 31.2 Å². The summed E-state index contributed by atoms with van der Waals surface area (Å²) in [5.74, 6) is -0.125. The number of benzene rings is 1. The fourth-order valence-electron chi connectivity index (χ4n) is 3.04. The third-order valence-electron chi connectivity index (χ3n) is 4.21. The van der Waals surface area contributed by atoms with Crippen molar-refractivity contribution in [3.63, 3.8) is 0 Å². The fourth-order valence-corrected chi connectivity index (χ4v) is 3.58. The SMILES string of the molecule is CCCC(=O)NC1CCCN(c2ccc(S(N)(=O)=O)cc2C(F)(F)F)C1. The molecule has 1 saturated heterocycles. The lowest BCUT2D eigenvalue weighted by atomic mass is 10.0. The van der Waals surface area contributed by atoms with E-state index in [0.717, 1.165) is 12.1 Å². The zero-order chi connectivity index (χ0) is 19.5. The molecule has 0 spiro atoms. The van der Waals surface area contributed by atoms with Crippen LogP contribution in [-0.4, -0.2) is 33.5 Å². The van der Waals surface area contributed by atoms with Crippen LogP contribution < -0.4 is 15.4 Å². The number of hydrogen-bond donors (Lipinski definition) is 2. The molecule has 1 unspecified atom stereocenters. The third-order valence-corrected chi connectivity index (χ3v) is 5.12. The molecule has 26 heavy (non-hydrogen) atoms. The Bertz CT molecular complexity index is 766. The Morgan fingerprint density at radius 3 is 2.65 bits per heavy atom. The number of nitrogens with two attached hydrogens (primary N) is 1. The molecule has 1 atom stereocenters. The van der Waals surface area contributed by atoms with Crippen molar-refractivity contribution in [3.05, 3.63) is 23.8 Å². The van der Waals surface area contributed by atoms with Crippen LogP contribution in [0.1, 0.15) is 38.2 Å². The Kier molecular flexibility index (Phi) is 6.17. The molecule has 6 nitrogen and oxygen atoms in total. The quantitative estimate of drug-likeness (QED) is 0.802. The van der Waals surface area contributed by atoms with E-state index < -0.39 is 26.7 Å². The molecule has 2 rings (SSSR count). The lowest BCUT2D eigenvalue weighted by Gasteiger charge is -2.36. The number of primary sulfonamides is 1. The highest BCUT2D eigenvalue weighted by Gasteiger charge is 2.37. The van der Waals surface area contributed by atoms with Crippen LogP contribution >= 0.6 is 0 Å². The maximum Gasteiger partial charge on any atom is 0.418 e. The highest BCUT2D eigenvalue weighted by Crippen LogP contribution is 2.38. The first-order chi connectivity index (χ1) is 12.0. The zero-order valence-corrected chi connectivity index (χ0v) is 15.2. The summed E-state index contributed by atoms with van der Waals surface area (Å²) in [6.07, 6.45) is -2.37. The Hall–Kier alpha value is -1.81. The summed E-state index contributed by atoms with van der Waals surface area (Å²) in [5.41, 5.74) is -1.16. The van der Waals surface area contributed by atoms with Crippen molar-refractivity contribution < 1.29 is 26.4 Å². The molecule has 10 heteroatoms. The van der Waals surface area contributed by atoms with Gasteiger partial charge in [0.1, 0.15) is 0 Å². The fraction of sp³-hybridized carbons (Fsp3) is 0.562. The van der Waals surface area contributed by atoms with Crippen LogP contribution in [0.5, 0.6) is 0 Å². The Balaban J connectivity index is 2.30. The van der Waals surface area contributed by atoms with E-state index in [1.807, 2.05) is 6.92 Å². The van der Waals surface area contributed by atoms with Gasteiger partial charge < -0.3 is 10.2 Å². The Labute approximate surface area is 150 Å². The van der Waals surface area contributed by atoms with E-state index in [9.17, 15) is 26.4 Å². The molecule has 0 aliphatic carbocycles. The topological polar surface area (TPSA) is 92.5 Å². The van der Waals surface area contributed by atoms with Gasteiger partial charge in [-0.25, -0.2) is 13.6 Å². The highest BCUT2D eigenvalue weighted by atomic mass is 32.2. The van der Waals surface area contributed by atoms with E-state index in [4.69, 9.17) is 5.14 Å². The van der Waals surface area contributed by atoms with Gasteiger partial charge in [-0.15, -0.1) is 0 Å². The minimum Gasteiger partial charge on any atom is -0.369 e. The van der Waals surface area contributed by atoms with Gasteiger partial charge in [-0.05, 0) is 37.5 Å². The zero-order valence-electron chi connectivity index (χ0n) is 14.3. The van der Waals surface area contributed by atoms with Crippen LogP contribution in [0.25, 0.3) is 0 Å². The van der Waals surface area contributed by atoms with Gasteiger partial charge >= 0.3 is 6.18 Å². The van der Waals surface area contributed by atoms with Crippen molar-refractivity contribution in [2.24, 2.45) is 5.14 Å². The van der Waals surface area contributed by atoms with Crippen molar-refractivity contribution in [3.8, 4) is 0 Å². The van der Waals surface area contributed by atoms with Crippen LogP contribution in [0.2, 0.25) is 0 Å². The molecule has 0 bridgehead atoms. The van der Waals surface area contributed by atoms with Crippen LogP contribution in [-0.2, 0) is 21.0 Å². The lowest BCUT2D eigenvalue weighted by molar-refractivity contribution is -0.137. The molecule has 3 N–H and O–H groups in total. The predicted molar refractivity (Wildman–Crippen MR) is 91.1 cm³/mol. The molecule has 0 radical (unpaired) electrons. The average molecular weight is 393 g/mol. The number of sulfonamides is 1. The maximum atomic E-state index is 13.4. The number of hydrogen-bond acceptors (Lipinski definition) is 4. The Morgan fingerprint density at radius 2 is 2.08 bits per heavy atom. The molecule has 1 heterocycles. The summed E-state index contributed by atoms with van der Waals surface area (Å²) >= 11 is 0. The van der Waals surface area contributed by atoms with Crippen molar-refractivity contribution >= 4 is 21.6 Å². The van der Waals surface area contributed by atoms with Crippen molar-refractivity contribution in [1.29, 1.82) is 0 Å². The molecule has 1 aromatic rings. The summed E-state index contributed by atoms with van der Waals surface area (Å²) in [5, 5.41) is 7.78. The van der Waals surface area contributed by atoms with Crippen LogP contribution in [0, 0.1) is 0 Å². The predicted octanol–water partition coefficient (Wildman–Crippen LogP) is 2.24. The molecule has 0 aromatic heterocycles. The summed E-state index contributed by atoms with van der Waals surface area (Å²) in [6, 6.07) is 2.50. The number of nitrogens with one attached hydrogen (secondary N) is 1. The molecular formula is C16H22F3N3O3S. The second-order valence-electron chi connectivity index (χ2n) is 6.32. The summed E-state index contributed by atoms with van der Waals surface area (Å²) in [6.45, 7) is 2.49. The smallest absolute Gasteiger partial charge is 0.369 e. The van der Waals surface area contributed by atoms with Crippen molar-refractivity contribution in [2.45, 2.75) is 49.7 Å². The highest BCUT2D eigenvalue weighted by molar-refractivity contribution is 7.89. The third kappa shape index (κ3) is 5.10. The number of nitrogens with zero attached hydrogens (tertiary/aromatic N) is 1. The van der Waals surface area contributed by atoms with E-state index in [-0.39, 0.29) is 24.2 Å². The largest absolute Gasteiger partial charge is 0.418 e. The monoisotopic (exact) mass is 393 g/mol. The van der Waals surface area contributed by atoms with Gasteiger partial charge in [0.25, 0.3) is 0 Å². The lowest BCUT2D eigenvalue weighted by Crippen LogP contribution is -2.48. The van der Waals surface area contributed by atoms with Gasteiger partial charge in [0.2, 0.25) is 15.9 Å². The number of carbonyl (C=O) groups excluding carboxylic acids is 1. The summed E-state index contributed by atoms with van der Waals surface area (Å²) in [4.78, 5) is 12.7. The van der Waals surface area contributed by atoms with Gasteiger partial charge in [-0.3, -0.25) is 4.79 Å². The van der Waals surface area contributed by atoms with Crippen molar-refractivity contribution in [2.75, 3.05) is 18.0 Å². The number of anilines is 1. The molecule has 146 valence electrons. The Morgan fingerprint density at radius 1 is 1.38 bits per heavy atom. The minimum atomic E-state index is -4.73. The first-order valence-electron chi connectivity index (χ1n) is 8.30. The normalized spacial score (nSPS) is 18.7. The van der Waals surface area contributed by atoms with E-state index in [1.165, 1.54) is 4.90 Å². The maximum absolute atomic E-state index is 13.4. The number of rotatable bonds is 5. The second kappa shape index (κ2) is 7.83. The molecule has 1 aliphatic rings. The van der Waals surface area contributed by atoms with E-state index in [2.05, 4.69) is 5.32 Å². The van der Waals surface area contributed by atoms with E-state index in [1.54, 1.807) is 0 Å². The van der Waals surface area contributed by atoms with Crippen molar-refractivity contribution in [1.82, 2.24) is 5.32 Å². The second-order valence-corrected chi connectivity index (χ2v) is 7.89. The van der Waals surface area contributed by atoms with Gasteiger partial charge in [0.05, 0.1) is 10.5 Å². The minimum absolute atomic E-state index is 0.112. The number of piperidine rings is 1.